The maximum atomic E-state index is 11.7. The lowest BCUT2D eigenvalue weighted by molar-refractivity contribution is -0.120. The van der Waals surface area contributed by atoms with Crippen LogP contribution in [0, 0.1) is 5.92 Å². The van der Waals surface area contributed by atoms with Crippen molar-refractivity contribution >= 4 is 17.2 Å². The largest absolute Gasteiger partial charge is 0.355 e. The quantitative estimate of drug-likeness (QED) is 0.729. The molecule has 1 heterocycles. The Morgan fingerprint density at radius 1 is 1.37 bits per heavy atom. The fourth-order valence-corrected chi connectivity index (χ4v) is 2.74. The molecule has 0 aliphatic carbocycles. The molecule has 1 aromatic heterocycles. The highest BCUT2D eigenvalue weighted by molar-refractivity contribution is 7.10. The van der Waals surface area contributed by atoms with Crippen LogP contribution < -0.4 is 10.6 Å². The Kier molecular flexibility index (Phi) is 7.75. The lowest BCUT2D eigenvalue weighted by Crippen LogP contribution is -2.36. The minimum Gasteiger partial charge on any atom is -0.355 e. The Morgan fingerprint density at radius 3 is 2.74 bits per heavy atom. The predicted octanol–water partition coefficient (Wildman–Crippen LogP) is 3.34. The summed E-state index contributed by atoms with van der Waals surface area (Å²) in [4.78, 5) is 13.0. The minimum atomic E-state index is 0.0957. The summed E-state index contributed by atoms with van der Waals surface area (Å²) in [7, 11) is 0. The van der Waals surface area contributed by atoms with Gasteiger partial charge in [0.15, 0.2) is 0 Å². The molecular formula is C15H26N2OS. The van der Waals surface area contributed by atoms with Gasteiger partial charge < -0.3 is 10.6 Å². The first-order chi connectivity index (χ1) is 9.13. The standard InChI is InChI=1S/C15H26N2OS/c1-4-6-13(14-7-5-10-19-14)17-11-15(18)16-9-8-12(2)3/h5,7,10,12-13,17H,4,6,8-9,11H2,1-3H3,(H,16,18). The van der Waals surface area contributed by atoms with E-state index in [4.69, 9.17) is 0 Å². The van der Waals surface area contributed by atoms with Crippen LogP contribution >= 0.6 is 11.3 Å². The van der Waals surface area contributed by atoms with Gasteiger partial charge >= 0.3 is 0 Å². The van der Waals surface area contributed by atoms with Crippen LogP contribution in [0.25, 0.3) is 0 Å². The molecule has 1 rings (SSSR count). The Bertz CT molecular complexity index is 349. The highest BCUT2D eigenvalue weighted by Gasteiger charge is 2.12. The van der Waals surface area contributed by atoms with Gasteiger partial charge in [-0.25, -0.2) is 0 Å². The van der Waals surface area contributed by atoms with E-state index in [-0.39, 0.29) is 5.91 Å². The zero-order chi connectivity index (χ0) is 14.1. The molecule has 0 fully saturated rings. The van der Waals surface area contributed by atoms with Crippen molar-refractivity contribution in [2.75, 3.05) is 13.1 Å². The van der Waals surface area contributed by atoms with E-state index in [1.54, 1.807) is 11.3 Å². The Balaban J connectivity index is 2.30. The van der Waals surface area contributed by atoms with Gasteiger partial charge in [-0.2, -0.15) is 0 Å². The number of rotatable bonds is 9. The molecule has 1 atom stereocenters. The van der Waals surface area contributed by atoms with E-state index in [0.29, 0.717) is 18.5 Å². The molecule has 2 N–H and O–H groups in total. The van der Waals surface area contributed by atoms with Gasteiger partial charge in [-0.1, -0.05) is 33.3 Å². The van der Waals surface area contributed by atoms with Crippen LogP contribution in [0.3, 0.4) is 0 Å². The maximum absolute atomic E-state index is 11.7. The van der Waals surface area contributed by atoms with E-state index in [1.807, 2.05) is 0 Å². The molecule has 19 heavy (non-hydrogen) atoms. The SMILES string of the molecule is CCCC(NCC(=O)NCCC(C)C)c1cccs1. The van der Waals surface area contributed by atoms with Crippen molar-refractivity contribution in [2.45, 2.75) is 46.1 Å². The third-order valence-electron chi connectivity index (χ3n) is 3.02. The summed E-state index contributed by atoms with van der Waals surface area (Å²) in [6.45, 7) is 7.68. The predicted molar refractivity (Wildman–Crippen MR) is 82.4 cm³/mol. The van der Waals surface area contributed by atoms with E-state index >= 15 is 0 Å². The molecule has 0 spiro atoms. The molecule has 4 heteroatoms. The van der Waals surface area contributed by atoms with Gasteiger partial charge in [0.2, 0.25) is 5.91 Å². The lowest BCUT2D eigenvalue weighted by Gasteiger charge is -2.16. The second kappa shape index (κ2) is 9.10. The second-order valence-corrected chi connectivity index (χ2v) is 6.25. The van der Waals surface area contributed by atoms with Gasteiger partial charge in [0.25, 0.3) is 0 Å². The Morgan fingerprint density at radius 2 is 2.16 bits per heavy atom. The average molecular weight is 282 g/mol. The third-order valence-corrected chi connectivity index (χ3v) is 4.00. The smallest absolute Gasteiger partial charge is 0.233 e. The lowest BCUT2D eigenvalue weighted by atomic mass is 10.1. The zero-order valence-corrected chi connectivity index (χ0v) is 13.1. The van der Waals surface area contributed by atoms with E-state index in [9.17, 15) is 4.79 Å². The number of carbonyl (C=O) groups excluding carboxylic acids is 1. The molecule has 3 nitrogen and oxygen atoms in total. The fraction of sp³-hybridized carbons (Fsp3) is 0.667. The molecule has 0 saturated heterocycles. The van der Waals surface area contributed by atoms with Crippen molar-refractivity contribution in [3.63, 3.8) is 0 Å². The van der Waals surface area contributed by atoms with Crippen LogP contribution in [0.15, 0.2) is 17.5 Å². The molecule has 1 amide bonds. The third kappa shape index (κ3) is 6.73. The van der Waals surface area contributed by atoms with Crippen molar-refractivity contribution in [3.8, 4) is 0 Å². The summed E-state index contributed by atoms with van der Waals surface area (Å²) in [6, 6.07) is 4.50. The van der Waals surface area contributed by atoms with Crippen LogP contribution in [-0.4, -0.2) is 19.0 Å². The summed E-state index contributed by atoms with van der Waals surface area (Å²) in [5.41, 5.74) is 0. The van der Waals surface area contributed by atoms with Gasteiger partial charge in [0.1, 0.15) is 0 Å². The number of nitrogens with one attached hydrogen (secondary N) is 2. The molecular weight excluding hydrogens is 256 g/mol. The monoisotopic (exact) mass is 282 g/mol. The number of carbonyl (C=O) groups is 1. The molecule has 0 bridgehead atoms. The molecule has 1 unspecified atom stereocenters. The highest BCUT2D eigenvalue weighted by Crippen LogP contribution is 2.22. The van der Waals surface area contributed by atoms with Crippen LogP contribution in [0.2, 0.25) is 0 Å². The van der Waals surface area contributed by atoms with E-state index < -0.39 is 0 Å². The summed E-state index contributed by atoms with van der Waals surface area (Å²) in [5.74, 6) is 0.727. The molecule has 108 valence electrons. The number of hydrogen-bond donors (Lipinski definition) is 2. The van der Waals surface area contributed by atoms with Crippen LogP contribution in [0.4, 0.5) is 0 Å². The Labute approximate surface area is 120 Å². The first kappa shape index (κ1) is 16.2. The molecule has 0 saturated carbocycles. The summed E-state index contributed by atoms with van der Waals surface area (Å²) in [5, 5.41) is 8.40. The zero-order valence-electron chi connectivity index (χ0n) is 12.2. The second-order valence-electron chi connectivity index (χ2n) is 5.27. The average Bonchev–Trinajstić information content (AvgIpc) is 2.87. The Hall–Kier alpha value is -0.870. The van der Waals surface area contributed by atoms with Crippen LogP contribution in [0.1, 0.15) is 51.0 Å². The maximum Gasteiger partial charge on any atom is 0.233 e. The van der Waals surface area contributed by atoms with Crippen LogP contribution in [-0.2, 0) is 4.79 Å². The molecule has 0 aliphatic heterocycles. The minimum absolute atomic E-state index is 0.0957. The molecule has 1 aromatic rings. The van der Waals surface area contributed by atoms with E-state index in [1.165, 1.54) is 4.88 Å². The number of thiophene rings is 1. The van der Waals surface area contributed by atoms with Crippen molar-refractivity contribution in [2.24, 2.45) is 5.92 Å². The highest BCUT2D eigenvalue weighted by atomic mass is 32.1. The summed E-state index contributed by atoms with van der Waals surface area (Å²) >= 11 is 1.75. The van der Waals surface area contributed by atoms with Crippen molar-refractivity contribution < 1.29 is 4.79 Å². The van der Waals surface area contributed by atoms with Crippen molar-refractivity contribution in [1.82, 2.24) is 10.6 Å². The number of amides is 1. The fourth-order valence-electron chi connectivity index (χ4n) is 1.90. The first-order valence-electron chi connectivity index (χ1n) is 7.17. The molecule has 0 radical (unpaired) electrons. The first-order valence-corrected chi connectivity index (χ1v) is 8.05. The molecule has 0 aliphatic rings. The van der Waals surface area contributed by atoms with Crippen LogP contribution in [0.5, 0.6) is 0 Å². The van der Waals surface area contributed by atoms with Gasteiger partial charge in [0, 0.05) is 17.5 Å². The summed E-state index contributed by atoms with van der Waals surface area (Å²) < 4.78 is 0. The topological polar surface area (TPSA) is 41.1 Å². The van der Waals surface area contributed by atoms with Crippen molar-refractivity contribution in [3.05, 3.63) is 22.4 Å². The summed E-state index contributed by atoms with van der Waals surface area (Å²) in [6.07, 6.45) is 3.22. The number of hydrogen-bond acceptors (Lipinski definition) is 3. The van der Waals surface area contributed by atoms with Gasteiger partial charge in [0.05, 0.1) is 6.54 Å². The molecule has 0 aromatic carbocycles. The van der Waals surface area contributed by atoms with Gasteiger partial charge in [-0.3, -0.25) is 4.79 Å². The van der Waals surface area contributed by atoms with Gasteiger partial charge in [-0.05, 0) is 30.2 Å². The van der Waals surface area contributed by atoms with E-state index in [2.05, 4.69) is 48.9 Å². The normalized spacial score (nSPS) is 12.6. The van der Waals surface area contributed by atoms with Crippen molar-refractivity contribution in [1.29, 1.82) is 0 Å². The van der Waals surface area contributed by atoms with E-state index in [0.717, 1.165) is 25.8 Å². The van der Waals surface area contributed by atoms with Gasteiger partial charge in [-0.15, -0.1) is 11.3 Å².